The van der Waals surface area contributed by atoms with E-state index >= 15 is 0 Å². The number of hydrogen-bond donors (Lipinski definition) is 2. The van der Waals surface area contributed by atoms with Gasteiger partial charge in [0, 0.05) is 43.8 Å². The molecule has 1 aromatic rings. The maximum atomic E-state index is 5.74. The molecule has 3 atom stereocenters. The summed E-state index contributed by atoms with van der Waals surface area (Å²) in [6, 6.07) is 9.86. The fourth-order valence-electron chi connectivity index (χ4n) is 5.31. The fraction of sp³-hybridized carbons (Fsp3) is 0.739. The maximum absolute atomic E-state index is 5.74. The minimum Gasteiger partial charge on any atom is -0.494 e. The Morgan fingerprint density at radius 2 is 1.90 bits per heavy atom. The SMILES string of the molecule is CCOc1ccc(C2(CNC3CCCC3C3COCCN3)CCOCC2)cc1.Cl. The lowest BCUT2D eigenvalue weighted by Crippen LogP contribution is -2.53. The monoisotopic (exact) mass is 424 g/mol. The molecule has 5 nitrogen and oxygen atoms in total. The second kappa shape index (κ2) is 11.0. The van der Waals surface area contributed by atoms with E-state index in [1.54, 1.807) is 0 Å². The zero-order valence-electron chi connectivity index (χ0n) is 17.7. The summed E-state index contributed by atoms with van der Waals surface area (Å²) in [6.07, 6.45) is 6.06. The number of hydrogen-bond acceptors (Lipinski definition) is 5. The summed E-state index contributed by atoms with van der Waals surface area (Å²) in [4.78, 5) is 0. The Labute approximate surface area is 181 Å². The normalized spacial score (nSPS) is 29.2. The molecule has 2 saturated heterocycles. The van der Waals surface area contributed by atoms with Crippen molar-refractivity contribution in [1.82, 2.24) is 10.6 Å². The second-order valence-electron chi connectivity index (χ2n) is 8.57. The van der Waals surface area contributed by atoms with Crippen LogP contribution in [-0.2, 0) is 14.9 Å². The molecule has 0 radical (unpaired) electrons. The Balaban J connectivity index is 0.00000240. The van der Waals surface area contributed by atoms with Crippen molar-refractivity contribution >= 4 is 12.4 Å². The average molecular weight is 425 g/mol. The Hall–Kier alpha value is -0.850. The first-order chi connectivity index (χ1) is 13.8. The molecule has 164 valence electrons. The molecule has 4 rings (SSSR count). The summed E-state index contributed by atoms with van der Waals surface area (Å²) in [5, 5.41) is 7.68. The van der Waals surface area contributed by atoms with Crippen molar-refractivity contribution in [3.05, 3.63) is 29.8 Å². The second-order valence-corrected chi connectivity index (χ2v) is 8.57. The van der Waals surface area contributed by atoms with Gasteiger partial charge in [-0.15, -0.1) is 12.4 Å². The van der Waals surface area contributed by atoms with Crippen molar-refractivity contribution < 1.29 is 14.2 Å². The predicted octanol–water partition coefficient (Wildman–Crippen LogP) is 3.30. The highest BCUT2D eigenvalue weighted by molar-refractivity contribution is 5.85. The number of morpholine rings is 1. The minimum atomic E-state index is 0. The number of benzene rings is 1. The van der Waals surface area contributed by atoms with Gasteiger partial charge in [0.05, 0.1) is 19.8 Å². The van der Waals surface area contributed by atoms with Gasteiger partial charge in [-0.25, -0.2) is 0 Å². The molecule has 3 fully saturated rings. The molecule has 3 unspecified atom stereocenters. The zero-order valence-corrected chi connectivity index (χ0v) is 18.5. The van der Waals surface area contributed by atoms with E-state index in [9.17, 15) is 0 Å². The van der Waals surface area contributed by atoms with Crippen LogP contribution >= 0.6 is 12.4 Å². The molecule has 29 heavy (non-hydrogen) atoms. The largest absolute Gasteiger partial charge is 0.494 e. The van der Waals surface area contributed by atoms with Crippen molar-refractivity contribution in [2.75, 3.05) is 46.1 Å². The molecule has 0 amide bonds. The van der Waals surface area contributed by atoms with Gasteiger partial charge in [-0.2, -0.15) is 0 Å². The van der Waals surface area contributed by atoms with Gasteiger partial charge in [-0.3, -0.25) is 0 Å². The number of ether oxygens (including phenoxy) is 3. The number of nitrogens with one attached hydrogen (secondary N) is 2. The van der Waals surface area contributed by atoms with E-state index in [-0.39, 0.29) is 17.8 Å². The van der Waals surface area contributed by atoms with Crippen molar-refractivity contribution in [3.63, 3.8) is 0 Å². The van der Waals surface area contributed by atoms with Gasteiger partial charge in [0.25, 0.3) is 0 Å². The third-order valence-corrected chi connectivity index (χ3v) is 6.97. The molecule has 1 saturated carbocycles. The molecule has 1 aliphatic carbocycles. The lowest BCUT2D eigenvalue weighted by Gasteiger charge is -2.40. The fourth-order valence-corrected chi connectivity index (χ4v) is 5.31. The highest BCUT2D eigenvalue weighted by atomic mass is 35.5. The zero-order chi connectivity index (χ0) is 19.2. The first kappa shape index (κ1) is 22.8. The van der Waals surface area contributed by atoms with Crippen LogP contribution in [0, 0.1) is 5.92 Å². The summed E-state index contributed by atoms with van der Waals surface area (Å²) < 4.78 is 17.1. The van der Waals surface area contributed by atoms with Gasteiger partial charge in [0.2, 0.25) is 0 Å². The predicted molar refractivity (Wildman–Crippen MR) is 118 cm³/mol. The molecule has 0 spiro atoms. The van der Waals surface area contributed by atoms with E-state index in [2.05, 4.69) is 34.9 Å². The highest BCUT2D eigenvalue weighted by Crippen LogP contribution is 2.37. The summed E-state index contributed by atoms with van der Waals surface area (Å²) >= 11 is 0. The van der Waals surface area contributed by atoms with Crippen molar-refractivity contribution in [2.45, 2.75) is 56.5 Å². The Bertz CT molecular complexity index is 601. The first-order valence-electron chi connectivity index (χ1n) is 11.2. The third-order valence-electron chi connectivity index (χ3n) is 6.97. The van der Waals surface area contributed by atoms with E-state index in [0.29, 0.717) is 24.6 Å². The van der Waals surface area contributed by atoms with Gasteiger partial charge in [-0.05, 0) is 56.2 Å². The van der Waals surface area contributed by atoms with Gasteiger partial charge in [0.15, 0.2) is 0 Å². The summed E-state index contributed by atoms with van der Waals surface area (Å²) in [5.74, 6) is 1.64. The standard InChI is InChI=1S/C23H36N2O3.ClH/c1-2-28-19-8-6-18(7-9-19)23(10-13-26-14-11-23)17-25-21-5-3-4-20(21)22-16-27-15-12-24-22;/h6-9,20-22,24-25H,2-5,10-17H2,1H3;1H. The molecule has 0 aromatic heterocycles. The van der Waals surface area contributed by atoms with Gasteiger partial charge in [-0.1, -0.05) is 18.6 Å². The van der Waals surface area contributed by atoms with E-state index in [0.717, 1.165) is 58.1 Å². The molecular weight excluding hydrogens is 388 g/mol. The topological polar surface area (TPSA) is 51.8 Å². The Morgan fingerprint density at radius 1 is 1.10 bits per heavy atom. The average Bonchev–Trinajstić information content (AvgIpc) is 3.23. The lowest BCUT2D eigenvalue weighted by atomic mass is 9.73. The van der Waals surface area contributed by atoms with E-state index < -0.39 is 0 Å². The van der Waals surface area contributed by atoms with Crippen LogP contribution in [0.4, 0.5) is 0 Å². The van der Waals surface area contributed by atoms with Crippen LogP contribution in [0.2, 0.25) is 0 Å². The minimum absolute atomic E-state index is 0. The third kappa shape index (κ3) is 5.45. The van der Waals surface area contributed by atoms with Crippen molar-refractivity contribution in [3.8, 4) is 5.75 Å². The highest BCUT2D eigenvalue weighted by Gasteiger charge is 2.38. The van der Waals surface area contributed by atoms with Crippen LogP contribution in [0.25, 0.3) is 0 Å². The van der Waals surface area contributed by atoms with Crippen LogP contribution in [0.3, 0.4) is 0 Å². The van der Waals surface area contributed by atoms with Crippen LogP contribution in [-0.4, -0.2) is 58.2 Å². The summed E-state index contributed by atoms with van der Waals surface area (Å²) in [6.45, 7) is 8.16. The van der Waals surface area contributed by atoms with Crippen molar-refractivity contribution in [1.29, 1.82) is 0 Å². The van der Waals surface area contributed by atoms with E-state index in [1.807, 2.05) is 6.92 Å². The number of rotatable bonds is 7. The molecule has 0 bridgehead atoms. The lowest BCUT2D eigenvalue weighted by molar-refractivity contribution is 0.0418. The molecule has 6 heteroatoms. The summed E-state index contributed by atoms with van der Waals surface area (Å²) in [7, 11) is 0. The Kier molecular flexibility index (Phi) is 8.63. The van der Waals surface area contributed by atoms with E-state index in [4.69, 9.17) is 14.2 Å². The Morgan fingerprint density at radius 3 is 2.59 bits per heavy atom. The van der Waals surface area contributed by atoms with Crippen LogP contribution in [0.5, 0.6) is 5.75 Å². The maximum Gasteiger partial charge on any atom is 0.119 e. The molecule has 2 N–H and O–H groups in total. The van der Waals surface area contributed by atoms with Crippen molar-refractivity contribution in [2.24, 2.45) is 5.92 Å². The van der Waals surface area contributed by atoms with Crippen LogP contribution < -0.4 is 15.4 Å². The quantitative estimate of drug-likeness (QED) is 0.703. The molecule has 2 heterocycles. The van der Waals surface area contributed by atoms with Gasteiger partial charge < -0.3 is 24.8 Å². The molecule has 3 aliphatic rings. The molecule has 2 aliphatic heterocycles. The summed E-state index contributed by atoms with van der Waals surface area (Å²) in [5.41, 5.74) is 1.58. The van der Waals surface area contributed by atoms with Crippen LogP contribution in [0.15, 0.2) is 24.3 Å². The molecular formula is C23H37ClN2O3. The smallest absolute Gasteiger partial charge is 0.119 e. The first-order valence-corrected chi connectivity index (χ1v) is 11.2. The molecule has 1 aromatic carbocycles. The van der Waals surface area contributed by atoms with Crippen LogP contribution in [0.1, 0.15) is 44.6 Å². The van der Waals surface area contributed by atoms with Gasteiger partial charge >= 0.3 is 0 Å². The number of halogens is 1. The van der Waals surface area contributed by atoms with Gasteiger partial charge in [0.1, 0.15) is 5.75 Å². The van der Waals surface area contributed by atoms with E-state index in [1.165, 1.54) is 24.8 Å².